The SMILES string of the molecule is CCOc1ccc2nc(NC(=O)c3cccc(NC(=O)c4cccs4)c3)sc2c1. The molecule has 0 fully saturated rings. The number of thiazole rings is 1. The average Bonchev–Trinajstić information content (AvgIpc) is 3.38. The number of nitrogens with one attached hydrogen (secondary N) is 2. The summed E-state index contributed by atoms with van der Waals surface area (Å²) < 4.78 is 6.44. The second-order valence-corrected chi connectivity index (χ2v) is 8.03. The summed E-state index contributed by atoms with van der Waals surface area (Å²) in [7, 11) is 0. The van der Waals surface area contributed by atoms with E-state index in [1.807, 2.05) is 36.6 Å². The lowest BCUT2D eigenvalue weighted by atomic mass is 10.2. The molecule has 0 spiro atoms. The summed E-state index contributed by atoms with van der Waals surface area (Å²) in [6.07, 6.45) is 0. The summed E-state index contributed by atoms with van der Waals surface area (Å²) in [5, 5.41) is 7.98. The summed E-state index contributed by atoms with van der Waals surface area (Å²) in [6.45, 7) is 2.52. The van der Waals surface area contributed by atoms with Crippen LogP contribution in [0.3, 0.4) is 0 Å². The van der Waals surface area contributed by atoms with E-state index >= 15 is 0 Å². The molecule has 2 N–H and O–H groups in total. The van der Waals surface area contributed by atoms with Crippen molar-refractivity contribution in [3.8, 4) is 5.75 Å². The Hall–Kier alpha value is -3.23. The Labute approximate surface area is 175 Å². The van der Waals surface area contributed by atoms with Crippen molar-refractivity contribution < 1.29 is 14.3 Å². The first-order chi connectivity index (χ1) is 14.1. The van der Waals surface area contributed by atoms with Crippen LogP contribution in [0.5, 0.6) is 5.75 Å². The molecular formula is C21H17N3O3S2. The monoisotopic (exact) mass is 423 g/mol. The molecule has 2 aromatic carbocycles. The van der Waals surface area contributed by atoms with Crippen molar-refractivity contribution in [2.24, 2.45) is 0 Å². The van der Waals surface area contributed by atoms with Gasteiger partial charge in [0.1, 0.15) is 5.75 Å². The average molecular weight is 424 g/mol. The summed E-state index contributed by atoms with van der Waals surface area (Å²) in [5.41, 5.74) is 1.79. The van der Waals surface area contributed by atoms with Crippen molar-refractivity contribution in [1.82, 2.24) is 4.98 Å². The Morgan fingerprint density at radius 2 is 1.93 bits per heavy atom. The minimum absolute atomic E-state index is 0.200. The Balaban J connectivity index is 1.48. The van der Waals surface area contributed by atoms with Gasteiger partial charge >= 0.3 is 0 Å². The third-order valence-corrected chi connectivity index (χ3v) is 5.82. The molecule has 6 nitrogen and oxygen atoms in total. The van der Waals surface area contributed by atoms with E-state index in [1.165, 1.54) is 22.7 Å². The number of hydrogen-bond acceptors (Lipinski definition) is 6. The van der Waals surface area contributed by atoms with Gasteiger partial charge in [-0.25, -0.2) is 4.98 Å². The van der Waals surface area contributed by atoms with E-state index in [4.69, 9.17) is 4.74 Å². The molecule has 0 bridgehead atoms. The number of anilines is 2. The van der Waals surface area contributed by atoms with Crippen molar-refractivity contribution in [3.63, 3.8) is 0 Å². The maximum atomic E-state index is 12.6. The van der Waals surface area contributed by atoms with Gasteiger partial charge in [0.05, 0.1) is 21.7 Å². The lowest BCUT2D eigenvalue weighted by Gasteiger charge is -2.06. The van der Waals surface area contributed by atoms with Gasteiger partial charge in [-0.15, -0.1) is 11.3 Å². The van der Waals surface area contributed by atoms with Crippen molar-refractivity contribution in [2.45, 2.75) is 6.92 Å². The zero-order valence-corrected chi connectivity index (χ0v) is 17.1. The fourth-order valence-electron chi connectivity index (χ4n) is 2.72. The van der Waals surface area contributed by atoms with Gasteiger partial charge in [-0.2, -0.15) is 0 Å². The Bertz CT molecular complexity index is 1170. The van der Waals surface area contributed by atoms with Crippen LogP contribution < -0.4 is 15.4 Å². The van der Waals surface area contributed by atoms with Crippen molar-refractivity contribution in [3.05, 3.63) is 70.4 Å². The fraction of sp³-hybridized carbons (Fsp3) is 0.0952. The maximum Gasteiger partial charge on any atom is 0.265 e. The third kappa shape index (κ3) is 4.44. The highest BCUT2D eigenvalue weighted by molar-refractivity contribution is 7.22. The molecule has 2 heterocycles. The van der Waals surface area contributed by atoms with Gasteiger partial charge in [-0.3, -0.25) is 14.9 Å². The summed E-state index contributed by atoms with van der Waals surface area (Å²) in [6, 6.07) is 16.0. The predicted molar refractivity (Wildman–Crippen MR) is 117 cm³/mol. The smallest absolute Gasteiger partial charge is 0.265 e. The molecule has 0 radical (unpaired) electrons. The standard InChI is InChI=1S/C21H17N3O3S2/c1-2-27-15-8-9-16-18(12-15)29-21(23-16)24-19(25)13-5-3-6-14(11-13)22-20(26)17-7-4-10-28-17/h3-12H,2H2,1H3,(H,22,26)(H,23,24,25). The van der Waals surface area contributed by atoms with Gasteiger partial charge in [-0.05, 0) is 54.8 Å². The van der Waals surface area contributed by atoms with E-state index in [9.17, 15) is 9.59 Å². The largest absolute Gasteiger partial charge is 0.494 e. The lowest BCUT2D eigenvalue weighted by Crippen LogP contribution is -2.14. The van der Waals surface area contributed by atoms with Gasteiger partial charge in [0, 0.05) is 11.3 Å². The molecule has 29 heavy (non-hydrogen) atoms. The minimum atomic E-state index is -0.290. The number of nitrogens with zero attached hydrogens (tertiary/aromatic N) is 1. The van der Waals surface area contributed by atoms with Gasteiger partial charge < -0.3 is 10.1 Å². The van der Waals surface area contributed by atoms with Crippen LogP contribution >= 0.6 is 22.7 Å². The fourth-order valence-corrected chi connectivity index (χ4v) is 4.23. The number of benzene rings is 2. The highest BCUT2D eigenvalue weighted by Crippen LogP contribution is 2.29. The zero-order chi connectivity index (χ0) is 20.2. The van der Waals surface area contributed by atoms with E-state index in [0.29, 0.717) is 27.9 Å². The second kappa shape index (κ2) is 8.42. The number of amides is 2. The molecule has 0 aliphatic rings. The number of rotatable bonds is 6. The van der Waals surface area contributed by atoms with Crippen molar-refractivity contribution in [1.29, 1.82) is 0 Å². The van der Waals surface area contributed by atoms with Crippen LogP contribution in [0, 0.1) is 0 Å². The van der Waals surface area contributed by atoms with Gasteiger partial charge in [0.25, 0.3) is 11.8 Å². The molecule has 0 saturated heterocycles. The topological polar surface area (TPSA) is 80.3 Å². The minimum Gasteiger partial charge on any atom is -0.494 e. The molecule has 0 aliphatic heterocycles. The highest BCUT2D eigenvalue weighted by atomic mass is 32.1. The number of hydrogen-bond donors (Lipinski definition) is 2. The van der Waals surface area contributed by atoms with Gasteiger partial charge in [0.2, 0.25) is 0 Å². The van der Waals surface area contributed by atoms with Crippen LogP contribution in [0.4, 0.5) is 10.8 Å². The molecule has 0 unspecified atom stereocenters. The van der Waals surface area contributed by atoms with Crippen LogP contribution in [-0.2, 0) is 0 Å². The molecular weight excluding hydrogens is 406 g/mol. The number of carbonyl (C=O) groups excluding carboxylic acids is 2. The molecule has 0 aliphatic carbocycles. The number of fused-ring (bicyclic) bond motifs is 1. The lowest BCUT2D eigenvalue weighted by molar-refractivity contribution is 0.101. The van der Waals surface area contributed by atoms with E-state index < -0.39 is 0 Å². The van der Waals surface area contributed by atoms with E-state index in [1.54, 1.807) is 30.3 Å². The second-order valence-electron chi connectivity index (χ2n) is 6.05. The maximum absolute atomic E-state index is 12.6. The Morgan fingerprint density at radius 1 is 1.03 bits per heavy atom. The Morgan fingerprint density at radius 3 is 2.72 bits per heavy atom. The van der Waals surface area contributed by atoms with E-state index in [2.05, 4.69) is 15.6 Å². The van der Waals surface area contributed by atoms with Crippen LogP contribution in [0.1, 0.15) is 27.0 Å². The summed E-state index contributed by atoms with van der Waals surface area (Å²) in [5.74, 6) is 0.283. The molecule has 8 heteroatoms. The van der Waals surface area contributed by atoms with Crippen LogP contribution in [-0.4, -0.2) is 23.4 Å². The number of aromatic nitrogens is 1. The van der Waals surface area contributed by atoms with Crippen LogP contribution in [0.2, 0.25) is 0 Å². The first-order valence-electron chi connectivity index (χ1n) is 8.92. The van der Waals surface area contributed by atoms with E-state index in [0.717, 1.165) is 16.0 Å². The Kier molecular flexibility index (Phi) is 5.55. The van der Waals surface area contributed by atoms with Gasteiger partial charge in [0.15, 0.2) is 5.13 Å². The van der Waals surface area contributed by atoms with Crippen LogP contribution in [0.15, 0.2) is 60.0 Å². The molecule has 0 saturated carbocycles. The number of ether oxygens (including phenoxy) is 1. The molecule has 2 aromatic heterocycles. The van der Waals surface area contributed by atoms with Crippen molar-refractivity contribution in [2.75, 3.05) is 17.2 Å². The quantitative estimate of drug-likeness (QED) is 0.443. The van der Waals surface area contributed by atoms with Crippen LogP contribution in [0.25, 0.3) is 10.2 Å². The normalized spacial score (nSPS) is 10.7. The van der Waals surface area contributed by atoms with E-state index in [-0.39, 0.29) is 11.8 Å². The highest BCUT2D eigenvalue weighted by Gasteiger charge is 2.12. The molecule has 146 valence electrons. The first kappa shape index (κ1) is 19.1. The van der Waals surface area contributed by atoms with Crippen molar-refractivity contribution >= 4 is 55.5 Å². The summed E-state index contributed by atoms with van der Waals surface area (Å²) in [4.78, 5) is 29.9. The van der Waals surface area contributed by atoms with Gasteiger partial charge in [-0.1, -0.05) is 23.5 Å². The molecule has 4 rings (SSSR count). The number of thiophene rings is 1. The zero-order valence-electron chi connectivity index (χ0n) is 15.5. The summed E-state index contributed by atoms with van der Waals surface area (Å²) >= 11 is 2.74. The first-order valence-corrected chi connectivity index (χ1v) is 10.6. The number of carbonyl (C=O) groups is 2. The molecule has 2 amide bonds. The third-order valence-electron chi connectivity index (χ3n) is 4.02. The molecule has 0 atom stereocenters. The molecule has 4 aromatic rings. The predicted octanol–water partition coefficient (Wildman–Crippen LogP) is 5.26.